The van der Waals surface area contributed by atoms with Crippen LogP contribution in [-0.2, 0) is 10.0 Å². The summed E-state index contributed by atoms with van der Waals surface area (Å²) in [7, 11) is -3.94. The van der Waals surface area contributed by atoms with Crippen LogP contribution in [0.3, 0.4) is 0 Å². The molecular formula is C10H14ClFN2O2S. The number of nitrogen functional groups attached to an aromatic ring is 1. The molecule has 0 amide bonds. The second-order valence-corrected chi connectivity index (χ2v) is 5.86. The van der Waals surface area contributed by atoms with Crippen LogP contribution in [0.5, 0.6) is 0 Å². The van der Waals surface area contributed by atoms with E-state index in [0.717, 1.165) is 6.07 Å². The van der Waals surface area contributed by atoms with Crippen LogP contribution in [0.2, 0.25) is 5.02 Å². The van der Waals surface area contributed by atoms with E-state index in [0.29, 0.717) is 6.42 Å². The highest BCUT2D eigenvalue weighted by molar-refractivity contribution is 7.89. The van der Waals surface area contributed by atoms with E-state index in [1.807, 2.05) is 6.92 Å². The van der Waals surface area contributed by atoms with Crippen molar-refractivity contribution in [1.29, 1.82) is 0 Å². The van der Waals surface area contributed by atoms with Gasteiger partial charge in [0.05, 0.1) is 5.69 Å². The number of halogens is 2. The zero-order valence-electron chi connectivity index (χ0n) is 9.50. The molecule has 1 atom stereocenters. The van der Waals surface area contributed by atoms with Crippen LogP contribution in [0.15, 0.2) is 17.0 Å². The summed E-state index contributed by atoms with van der Waals surface area (Å²) in [6.45, 7) is 3.50. The standard InChI is InChI=1S/C10H14ClFN2O2S/c1-3-6(2)14-17(15,16)9-5-7(11)4-8(13)10(9)12/h4-6,14H,3,13H2,1-2H3. The summed E-state index contributed by atoms with van der Waals surface area (Å²) in [5, 5.41) is 0.0772. The zero-order chi connectivity index (χ0) is 13.2. The van der Waals surface area contributed by atoms with Crippen LogP contribution < -0.4 is 10.5 Å². The molecule has 4 nitrogen and oxygen atoms in total. The van der Waals surface area contributed by atoms with Crippen molar-refractivity contribution in [2.24, 2.45) is 0 Å². The van der Waals surface area contributed by atoms with Gasteiger partial charge in [-0.2, -0.15) is 0 Å². The average molecular weight is 281 g/mol. The molecule has 0 bridgehead atoms. The van der Waals surface area contributed by atoms with Gasteiger partial charge < -0.3 is 5.73 Å². The van der Waals surface area contributed by atoms with Crippen LogP contribution >= 0.6 is 11.6 Å². The van der Waals surface area contributed by atoms with Gasteiger partial charge in [-0.15, -0.1) is 0 Å². The van der Waals surface area contributed by atoms with Gasteiger partial charge >= 0.3 is 0 Å². The van der Waals surface area contributed by atoms with E-state index in [1.54, 1.807) is 6.92 Å². The molecule has 0 spiro atoms. The summed E-state index contributed by atoms with van der Waals surface area (Å²) in [4.78, 5) is -0.525. The molecule has 1 aromatic rings. The molecule has 1 aromatic carbocycles. The van der Waals surface area contributed by atoms with E-state index in [4.69, 9.17) is 17.3 Å². The molecule has 0 aromatic heterocycles. The third-order valence-electron chi connectivity index (χ3n) is 2.29. The minimum absolute atomic E-state index is 0.0772. The molecule has 0 aliphatic heterocycles. The maximum Gasteiger partial charge on any atom is 0.243 e. The van der Waals surface area contributed by atoms with Crippen LogP contribution in [0.1, 0.15) is 20.3 Å². The normalized spacial score (nSPS) is 13.6. The minimum Gasteiger partial charge on any atom is -0.396 e. The lowest BCUT2D eigenvalue weighted by Gasteiger charge is -2.13. The lowest BCUT2D eigenvalue weighted by atomic mass is 10.3. The lowest BCUT2D eigenvalue weighted by Crippen LogP contribution is -2.32. The third-order valence-corrected chi connectivity index (χ3v) is 4.10. The first-order chi connectivity index (χ1) is 7.77. The molecule has 0 aliphatic rings. The van der Waals surface area contributed by atoms with E-state index in [-0.39, 0.29) is 16.8 Å². The molecule has 0 heterocycles. The largest absolute Gasteiger partial charge is 0.396 e. The molecule has 0 saturated heterocycles. The number of hydrogen-bond acceptors (Lipinski definition) is 3. The highest BCUT2D eigenvalue weighted by Crippen LogP contribution is 2.25. The Balaban J connectivity index is 3.24. The van der Waals surface area contributed by atoms with Crippen LogP contribution in [0.4, 0.5) is 10.1 Å². The van der Waals surface area contributed by atoms with Crippen molar-refractivity contribution in [2.75, 3.05) is 5.73 Å². The predicted molar refractivity (Wildman–Crippen MR) is 65.9 cm³/mol. The van der Waals surface area contributed by atoms with E-state index in [2.05, 4.69) is 4.72 Å². The van der Waals surface area contributed by atoms with Crippen LogP contribution in [-0.4, -0.2) is 14.5 Å². The van der Waals surface area contributed by atoms with Gasteiger partial charge in [-0.25, -0.2) is 17.5 Å². The Morgan fingerprint density at radius 3 is 2.65 bits per heavy atom. The fourth-order valence-electron chi connectivity index (χ4n) is 1.19. The van der Waals surface area contributed by atoms with Gasteiger partial charge in [-0.3, -0.25) is 0 Å². The second-order valence-electron chi connectivity index (χ2n) is 3.74. The van der Waals surface area contributed by atoms with Gasteiger partial charge in [-0.05, 0) is 25.5 Å². The smallest absolute Gasteiger partial charge is 0.243 e. The summed E-state index contributed by atoms with van der Waals surface area (Å²) < 4.78 is 39.7. The Labute approximate surface area is 105 Å². The topological polar surface area (TPSA) is 72.2 Å². The predicted octanol–water partition coefficient (Wildman–Crippen LogP) is 2.14. The van der Waals surface area contributed by atoms with Crippen molar-refractivity contribution in [2.45, 2.75) is 31.2 Å². The van der Waals surface area contributed by atoms with Gasteiger partial charge in [0.1, 0.15) is 4.90 Å². The maximum absolute atomic E-state index is 13.6. The van der Waals surface area contributed by atoms with Crippen molar-refractivity contribution in [3.63, 3.8) is 0 Å². The van der Waals surface area contributed by atoms with Crippen molar-refractivity contribution in [3.05, 3.63) is 23.0 Å². The van der Waals surface area contributed by atoms with E-state index < -0.39 is 20.7 Å². The number of hydrogen-bond donors (Lipinski definition) is 2. The van der Waals surface area contributed by atoms with Crippen molar-refractivity contribution < 1.29 is 12.8 Å². The van der Waals surface area contributed by atoms with E-state index >= 15 is 0 Å². The summed E-state index contributed by atoms with van der Waals surface area (Å²) in [5.74, 6) is -0.981. The van der Waals surface area contributed by atoms with E-state index in [1.165, 1.54) is 6.07 Å². The maximum atomic E-state index is 13.6. The SMILES string of the molecule is CCC(C)NS(=O)(=O)c1cc(Cl)cc(N)c1F. The fraction of sp³-hybridized carbons (Fsp3) is 0.400. The van der Waals surface area contributed by atoms with Gasteiger partial charge in [0.2, 0.25) is 10.0 Å². The molecule has 0 aliphatic carbocycles. The number of nitrogens with two attached hydrogens (primary N) is 1. The Morgan fingerprint density at radius 1 is 1.53 bits per heavy atom. The number of sulfonamides is 1. The molecule has 1 rings (SSSR count). The highest BCUT2D eigenvalue weighted by atomic mass is 35.5. The first kappa shape index (κ1) is 14.2. The highest BCUT2D eigenvalue weighted by Gasteiger charge is 2.23. The average Bonchev–Trinajstić information content (AvgIpc) is 2.22. The van der Waals surface area contributed by atoms with Gasteiger partial charge in [-0.1, -0.05) is 18.5 Å². The van der Waals surface area contributed by atoms with Gasteiger partial charge in [0, 0.05) is 11.1 Å². The van der Waals surface area contributed by atoms with E-state index in [9.17, 15) is 12.8 Å². The van der Waals surface area contributed by atoms with Gasteiger partial charge in [0.15, 0.2) is 5.82 Å². The third kappa shape index (κ3) is 3.31. The Morgan fingerprint density at radius 2 is 2.12 bits per heavy atom. The summed E-state index contributed by atoms with van der Waals surface area (Å²) >= 11 is 5.66. The quantitative estimate of drug-likeness (QED) is 0.830. The molecule has 3 N–H and O–H groups in total. The zero-order valence-corrected chi connectivity index (χ0v) is 11.1. The molecule has 1 unspecified atom stereocenters. The molecule has 0 radical (unpaired) electrons. The van der Waals surface area contributed by atoms with Gasteiger partial charge in [0.25, 0.3) is 0 Å². The van der Waals surface area contributed by atoms with Crippen LogP contribution in [0.25, 0.3) is 0 Å². The van der Waals surface area contributed by atoms with Crippen molar-refractivity contribution in [3.8, 4) is 0 Å². The minimum atomic E-state index is -3.94. The second kappa shape index (κ2) is 5.20. The Kier molecular flexibility index (Phi) is 4.35. The number of rotatable bonds is 4. The molecular weight excluding hydrogens is 267 g/mol. The molecule has 7 heteroatoms. The molecule has 96 valence electrons. The molecule has 0 fully saturated rings. The first-order valence-electron chi connectivity index (χ1n) is 5.04. The first-order valence-corrected chi connectivity index (χ1v) is 6.91. The summed E-state index contributed by atoms with van der Waals surface area (Å²) in [6, 6.07) is 1.91. The molecule has 17 heavy (non-hydrogen) atoms. The van der Waals surface area contributed by atoms with Crippen molar-refractivity contribution >= 4 is 27.3 Å². The molecule has 0 saturated carbocycles. The Bertz CT molecular complexity index is 519. The fourth-order valence-corrected chi connectivity index (χ4v) is 2.94. The number of benzene rings is 1. The number of anilines is 1. The van der Waals surface area contributed by atoms with Crippen molar-refractivity contribution in [1.82, 2.24) is 4.72 Å². The Hall–Kier alpha value is -0.850. The lowest BCUT2D eigenvalue weighted by molar-refractivity contribution is 0.540. The summed E-state index contributed by atoms with van der Waals surface area (Å²) in [5.41, 5.74) is 5.04. The summed E-state index contributed by atoms with van der Waals surface area (Å²) in [6.07, 6.45) is 0.594. The number of nitrogens with one attached hydrogen (secondary N) is 1. The van der Waals surface area contributed by atoms with Crippen LogP contribution in [0, 0.1) is 5.82 Å². The monoisotopic (exact) mass is 280 g/mol.